The van der Waals surface area contributed by atoms with Crippen molar-refractivity contribution >= 4 is 5.65 Å². The number of rotatable bonds is 2. The number of hydrogen-bond donors (Lipinski definition) is 0. The molecule has 1 aliphatic heterocycles. The summed E-state index contributed by atoms with van der Waals surface area (Å²) in [6.45, 7) is 7.22. The molecule has 3 heterocycles. The van der Waals surface area contributed by atoms with Gasteiger partial charge in [0.05, 0.1) is 5.69 Å². The number of hydrogen-bond acceptors (Lipinski definition) is 3. The van der Waals surface area contributed by atoms with E-state index in [1.165, 1.54) is 12.8 Å². The van der Waals surface area contributed by atoms with Crippen LogP contribution in [0.4, 0.5) is 0 Å². The summed E-state index contributed by atoms with van der Waals surface area (Å²) >= 11 is 0. The minimum absolute atomic E-state index is 0.0214. The van der Waals surface area contributed by atoms with Crippen molar-refractivity contribution in [1.82, 2.24) is 14.3 Å². The van der Waals surface area contributed by atoms with E-state index in [0.29, 0.717) is 0 Å². The molecule has 0 unspecified atom stereocenters. The molecule has 2 aromatic heterocycles. The van der Waals surface area contributed by atoms with Crippen LogP contribution in [0.2, 0.25) is 0 Å². The third-order valence-electron chi connectivity index (χ3n) is 4.06. The van der Waals surface area contributed by atoms with E-state index in [-0.39, 0.29) is 5.56 Å². The van der Waals surface area contributed by atoms with E-state index in [4.69, 9.17) is 0 Å². The Morgan fingerprint density at radius 3 is 3.05 bits per heavy atom. The molecule has 2 aromatic rings. The number of likely N-dealkylation sites (tertiary alicyclic amines) is 1. The first kappa shape index (κ1) is 13.3. The SMILES string of the molecule is Cc1cccc2nc(CN3CCC[C@H](C)C3)cc(=O)n12. The van der Waals surface area contributed by atoms with Crippen molar-refractivity contribution in [2.24, 2.45) is 5.92 Å². The molecule has 1 atom stereocenters. The number of piperidine rings is 1. The van der Waals surface area contributed by atoms with Gasteiger partial charge < -0.3 is 0 Å². The average molecular weight is 271 g/mol. The molecule has 20 heavy (non-hydrogen) atoms. The van der Waals surface area contributed by atoms with Crippen LogP contribution in [0, 0.1) is 12.8 Å². The zero-order valence-corrected chi connectivity index (χ0v) is 12.2. The third kappa shape index (κ3) is 2.61. The van der Waals surface area contributed by atoms with Crippen LogP contribution in [0.3, 0.4) is 0 Å². The highest BCUT2D eigenvalue weighted by molar-refractivity contribution is 5.40. The van der Waals surface area contributed by atoms with Crippen LogP contribution < -0.4 is 5.56 Å². The second kappa shape index (κ2) is 5.37. The van der Waals surface area contributed by atoms with Gasteiger partial charge in [0.2, 0.25) is 0 Å². The Hall–Kier alpha value is -1.68. The fourth-order valence-corrected chi connectivity index (χ4v) is 3.10. The van der Waals surface area contributed by atoms with Gasteiger partial charge in [0, 0.05) is 24.8 Å². The van der Waals surface area contributed by atoms with Gasteiger partial charge in [-0.15, -0.1) is 0 Å². The molecule has 0 spiro atoms. The zero-order valence-electron chi connectivity index (χ0n) is 12.2. The van der Waals surface area contributed by atoms with Crippen LogP contribution in [0.1, 0.15) is 31.2 Å². The molecule has 0 aromatic carbocycles. The molecule has 4 heteroatoms. The third-order valence-corrected chi connectivity index (χ3v) is 4.06. The average Bonchev–Trinajstić information content (AvgIpc) is 2.38. The van der Waals surface area contributed by atoms with Crippen LogP contribution in [0.15, 0.2) is 29.1 Å². The zero-order chi connectivity index (χ0) is 14.1. The van der Waals surface area contributed by atoms with E-state index < -0.39 is 0 Å². The largest absolute Gasteiger partial charge is 0.297 e. The quantitative estimate of drug-likeness (QED) is 0.840. The molecule has 4 nitrogen and oxygen atoms in total. The summed E-state index contributed by atoms with van der Waals surface area (Å²) in [5.74, 6) is 0.743. The first-order chi connectivity index (χ1) is 9.63. The van der Waals surface area contributed by atoms with Crippen LogP contribution in [0.25, 0.3) is 5.65 Å². The second-order valence-corrected chi connectivity index (χ2v) is 5.93. The lowest BCUT2D eigenvalue weighted by Gasteiger charge is -2.30. The number of nitrogens with zero attached hydrogens (tertiary/aromatic N) is 3. The van der Waals surface area contributed by atoms with Crippen molar-refractivity contribution < 1.29 is 0 Å². The summed E-state index contributed by atoms with van der Waals surface area (Å²) in [4.78, 5) is 19.3. The van der Waals surface area contributed by atoms with E-state index in [1.54, 1.807) is 10.5 Å². The van der Waals surface area contributed by atoms with Crippen LogP contribution >= 0.6 is 0 Å². The molecule has 0 saturated carbocycles. The van der Waals surface area contributed by atoms with Crippen LogP contribution in [0.5, 0.6) is 0 Å². The lowest BCUT2D eigenvalue weighted by Crippen LogP contribution is -2.34. The van der Waals surface area contributed by atoms with Gasteiger partial charge in [0.15, 0.2) is 0 Å². The van der Waals surface area contributed by atoms with Crippen molar-refractivity contribution in [2.75, 3.05) is 13.1 Å². The van der Waals surface area contributed by atoms with Crippen molar-refractivity contribution in [3.63, 3.8) is 0 Å². The Bertz CT molecular complexity index is 677. The fraction of sp³-hybridized carbons (Fsp3) is 0.500. The first-order valence-corrected chi connectivity index (χ1v) is 7.34. The van der Waals surface area contributed by atoms with Gasteiger partial charge in [-0.25, -0.2) is 4.98 Å². The Kier molecular flexibility index (Phi) is 3.57. The summed E-state index contributed by atoms with van der Waals surface area (Å²) in [6.07, 6.45) is 2.55. The normalized spacial score (nSPS) is 20.4. The van der Waals surface area contributed by atoms with Gasteiger partial charge in [0.25, 0.3) is 5.56 Å². The molecule has 3 rings (SSSR count). The predicted octanol–water partition coefficient (Wildman–Crippen LogP) is 2.23. The van der Waals surface area contributed by atoms with Gasteiger partial charge in [-0.2, -0.15) is 0 Å². The van der Waals surface area contributed by atoms with Gasteiger partial charge in [0.1, 0.15) is 5.65 Å². The fourth-order valence-electron chi connectivity index (χ4n) is 3.10. The molecular formula is C16H21N3O. The second-order valence-electron chi connectivity index (χ2n) is 5.93. The molecule has 1 fully saturated rings. The van der Waals surface area contributed by atoms with Crippen LogP contribution in [-0.4, -0.2) is 27.4 Å². The van der Waals surface area contributed by atoms with Crippen molar-refractivity contribution in [2.45, 2.75) is 33.2 Å². The maximum atomic E-state index is 12.2. The standard InChI is InChI=1S/C16H21N3O/c1-12-5-4-8-18(10-12)11-14-9-16(20)19-13(2)6-3-7-15(19)17-14/h3,6-7,9,12H,4-5,8,10-11H2,1-2H3/t12-/m0/s1. The maximum Gasteiger partial charge on any atom is 0.258 e. The molecular weight excluding hydrogens is 250 g/mol. The molecule has 0 aliphatic carbocycles. The lowest BCUT2D eigenvalue weighted by atomic mass is 10.0. The van der Waals surface area contributed by atoms with E-state index in [0.717, 1.165) is 42.6 Å². The van der Waals surface area contributed by atoms with Gasteiger partial charge in [-0.1, -0.05) is 13.0 Å². The van der Waals surface area contributed by atoms with E-state index in [2.05, 4.69) is 16.8 Å². The summed E-state index contributed by atoms with van der Waals surface area (Å²) < 4.78 is 1.67. The van der Waals surface area contributed by atoms with Crippen LogP contribution in [-0.2, 0) is 6.54 Å². The maximum absolute atomic E-state index is 12.2. The van der Waals surface area contributed by atoms with Crippen molar-refractivity contribution in [3.05, 3.63) is 46.0 Å². The first-order valence-electron chi connectivity index (χ1n) is 7.34. The summed E-state index contributed by atoms with van der Waals surface area (Å²) in [7, 11) is 0. The molecule has 106 valence electrons. The smallest absolute Gasteiger partial charge is 0.258 e. The Morgan fingerprint density at radius 1 is 1.40 bits per heavy atom. The number of aromatic nitrogens is 2. The van der Waals surface area contributed by atoms with Crippen molar-refractivity contribution in [1.29, 1.82) is 0 Å². The highest BCUT2D eigenvalue weighted by Gasteiger charge is 2.17. The van der Waals surface area contributed by atoms with E-state index in [1.807, 2.05) is 25.1 Å². The topological polar surface area (TPSA) is 37.6 Å². The Morgan fingerprint density at radius 2 is 2.25 bits per heavy atom. The number of aryl methyl sites for hydroxylation is 1. The van der Waals surface area contributed by atoms with E-state index in [9.17, 15) is 4.79 Å². The van der Waals surface area contributed by atoms with Gasteiger partial charge in [-0.3, -0.25) is 14.1 Å². The minimum Gasteiger partial charge on any atom is -0.297 e. The molecule has 0 bridgehead atoms. The van der Waals surface area contributed by atoms with Gasteiger partial charge >= 0.3 is 0 Å². The summed E-state index contributed by atoms with van der Waals surface area (Å²) in [5, 5.41) is 0. The number of fused-ring (bicyclic) bond motifs is 1. The monoisotopic (exact) mass is 271 g/mol. The minimum atomic E-state index is 0.0214. The highest BCUT2D eigenvalue weighted by atomic mass is 16.1. The molecule has 0 amide bonds. The molecule has 0 N–H and O–H groups in total. The Labute approximate surface area is 119 Å². The molecule has 1 saturated heterocycles. The molecule has 0 radical (unpaired) electrons. The van der Waals surface area contributed by atoms with Crippen molar-refractivity contribution in [3.8, 4) is 0 Å². The van der Waals surface area contributed by atoms with E-state index >= 15 is 0 Å². The number of pyridine rings is 1. The summed E-state index contributed by atoms with van der Waals surface area (Å²) in [5.41, 5.74) is 2.58. The summed E-state index contributed by atoms with van der Waals surface area (Å²) in [6, 6.07) is 7.46. The lowest BCUT2D eigenvalue weighted by molar-refractivity contribution is 0.175. The highest BCUT2D eigenvalue weighted by Crippen LogP contribution is 2.17. The Balaban J connectivity index is 1.91. The van der Waals surface area contributed by atoms with Gasteiger partial charge in [-0.05, 0) is 44.4 Å². The molecule has 1 aliphatic rings. The predicted molar refractivity (Wildman–Crippen MR) is 79.9 cm³/mol.